The van der Waals surface area contributed by atoms with Crippen LogP contribution in [0.15, 0.2) is 77.3 Å². The van der Waals surface area contributed by atoms with E-state index in [0.717, 1.165) is 24.3 Å². The molecule has 0 aromatic heterocycles. The zero-order valence-corrected chi connectivity index (χ0v) is 21.7. The van der Waals surface area contributed by atoms with E-state index in [9.17, 15) is 50.6 Å². The lowest BCUT2D eigenvalue weighted by molar-refractivity contribution is -0.157. The molecule has 3 aromatic carbocycles. The molecule has 3 rings (SSSR count). The number of ether oxygens (including phenoxy) is 2. The maximum absolute atomic E-state index is 13.1. The molecule has 0 unspecified atom stereocenters. The van der Waals surface area contributed by atoms with Crippen molar-refractivity contribution in [1.82, 2.24) is 0 Å². The number of rotatable bonds is 8. The minimum atomic E-state index is -4.87. The van der Waals surface area contributed by atoms with Crippen molar-refractivity contribution in [1.29, 1.82) is 0 Å². The van der Waals surface area contributed by atoms with E-state index >= 15 is 0 Å². The van der Waals surface area contributed by atoms with E-state index in [-0.39, 0.29) is 5.69 Å². The molecule has 0 aliphatic carbocycles. The van der Waals surface area contributed by atoms with Gasteiger partial charge in [0.25, 0.3) is 5.91 Å². The van der Waals surface area contributed by atoms with Gasteiger partial charge in [-0.25, -0.2) is 14.4 Å². The van der Waals surface area contributed by atoms with E-state index in [1.54, 1.807) is 6.07 Å². The van der Waals surface area contributed by atoms with Gasteiger partial charge in [0.1, 0.15) is 0 Å². The molecule has 0 saturated heterocycles. The van der Waals surface area contributed by atoms with Crippen LogP contribution in [0, 0.1) is 0 Å². The Morgan fingerprint density at radius 1 is 0.707 bits per heavy atom. The molecule has 0 saturated carbocycles. The zero-order chi connectivity index (χ0) is 30.5. The Balaban J connectivity index is 1.97. The number of halogens is 7. The fourth-order valence-electron chi connectivity index (χ4n) is 3.29. The van der Waals surface area contributed by atoms with Gasteiger partial charge in [-0.2, -0.15) is 26.3 Å². The number of anilines is 1. The lowest BCUT2D eigenvalue weighted by Gasteiger charge is -2.24. The smallest absolute Gasteiger partial charge is 0.416 e. The SMILES string of the molecule is O=C(O[C@H](C(=O)O)[C@H](OC(=O)c1cccc(C(F)(F)F)c1)C(=O)Nc1cccc(Br)c1)c1cccc(C(F)(F)F)c1. The molecule has 2 atom stereocenters. The fraction of sp³-hybridized carbons (Fsp3) is 0.154. The lowest BCUT2D eigenvalue weighted by atomic mass is 10.1. The number of carboxylic acids is 1. The molecule has 0 spiro atoms. The summed E-state index contributed by atoms with van der Waals surface area (Å²) in [6.07, 6.45) is -14.9. The highest BCUT2D eigenvalue weighted by molar-refractivity contribution is 9.10. The molecule has 41 heavy (non-hydrogen) atoms. The lowest BCUT2D eigenvalue weighted by Crippen LogP contribution is -2.48. The van der Waals surface area contributed by atoms with Gasteiger partial charge in [0.05, 0.1) is 22.3 Å². The van der Waals surface area contributed by atoms with Gasteiger partial charge in [-0.15, -0.1) is 0 Å². The van der Waals surface area contributed by atoms with Crippen molar-refractivity contribution >= 4 is 45.4 Å². The Morgan fingerprint density at radius 3 is 1.61 bits per heavy atom. The van der Waals surface area contributed by atoms with Crippen molar-refractivity contribution in [3.63, 3.8) is 0 Å². The molecule has 1 amide bonds. The van der Waals surface area contributed by atoms with Crippen molar-refractivity contribution in [3.8, 4) is 0 Å². The third kappa shape index (κ3) is 8.30. The molecular formula is C26H16BrF6NO7. The fourth-order valence-corrected chi connectivity index (χ4v) is 3.69. The molecule has 0 radical (unpaired) electrons. The van der Waals surface area contributed by atoms with Gasteiger partial charge >= 0.3 is 30.3 Å². The van der Waals surface area contributed by atoms with E-state index in [1.165, 1.54) is 18.2 Å². The minimum Gasteiger partial charge on any atom is -0.478 e. The van der Waals surface area contributed by atoms with Crippen molar-refractivity contribution in [3.05, 3.63) is 99.5 Å². The van der Waals surface area contributed by atoms with E-state index in [2.05, 4.69) is 21.2 Å². The highest BCUT2D eigenvalue weighted by atomic mass is 79.9. The Bertz CT molecular complexity index is 1470. The number of benzene rings is 3. The van der Waals surface area contributed by atoms with Gasteiger partial charge in [0.2, 0.25) is 12.2 Å². The van der Waals surface area contributed by atoms with Crippen LogP contribution >= 0.6 is 15.9 Å². The van der Waals surface area contributed by atoms with Gasteiger partial charge in [-0.1, -0.05) is 34.1 Å². The molecule has 0 fully saturated rings. The monoisotopic (exact) mass is 647 g/mol. The van der Waals surface area contributed by atoms with Crippen molar-refractivity contribution in [2.45, 2.75) is 24.6 Å². The standard InChI is InChI=1S/C26H16BrF6NO7/c27-17-8-3-9-18(12-17)34-21(35)19(40-23(38)13-4-1-6-15(10-13)25(28,29)30)20(22(36)37)41-24(39)14-5-2-7-16(11-14)26(31,32)33/h1-12,19-20H,(H,34,35)(H,36,37)/t19-,20-/m0/s1. The third-order valence-corrected chi connectivity index (χ3v) is 5.68. The quantitative estimate of drug-likeness (QED) is 0.229. The molecule has 0 aliphatic rings. The maximum atomic E-state index is 13.1. The average Bonchev–Trinajstić information content (AvgIpc) is 2.89. The number of amides is 1. The normalized spacial score (nSPS) is 13.0. The first-order valence-electron chi connectivity index (χ1n) is 11.1. The van der Waals surface area contributed by atoms with Gasteiger partial charge in [0, 0.05) is 10.2 Å². The number of hydrogen-bond donors (Lipinski definition) is 2. The van der Waals surface area contributed by atoms with E-state index < -0.39 is 70.6 Å². The second-order valence-electron chi connectivity index (χ2n) is 8.15. The van der Waals surface area contributed by atoms with Crippen LogP contribution < -0.4 is 5.32 Å². The van der Waals surface area contributed by atoms with Gasteiger partial charge < -0.3 is 19.9 Å². The summed E-state index contributed by atoms with van der Waals surface area (Å²) in [5.41, 5.74) is -3.96. The van der Waals surface area contributed by atoms with Gasteiger partial charge in [-0.05, 0) is 54.6 Å². The summed E-state index contributed by atoms with van der Waals surface area (Å²) >= 11 is 3.14. The number of aliphatic carboxylic acids is 1. The zero-order valence-electron chi connectivity index (χ0n) is 20.1. The Morgan fingerprint density at radius 2 is 1.17 bits per heavy atom. The van der Waals surface area contributed by atoms with Crippen LogP contribution in [0.1, 0.15) is 31.8 Å². The molecule has 216 valence electrons. The number of alkyl halides is 6. The summed E-state index contributed by atoms with van der Waals surface area (Å²) < 4.78 is 88.7. The van der Waals surface area contributed by atoms with Crippen LogP contribution in [0.4, 0.5) is 32.0 Å². The highest BCUT2D eigenvalue weighted by Gasteiger charge is 2.42. The molecular weight excluding hydrogens is 632 g/mol. The number of esters is 2. The van der Waals surface area contributed by atoms with E-state index in [1.807, 2.05) is 0 Å². The number of carbonyl (C=O) groups excluding carboxylic acids is 3. The number of carboxylic acid groups (broad SMARTS) is 1. The van der Waals surface area contributed by atoms with Crippen LogP contribution in [0.2, 0.25) is 0 Å². The first-order valence-corrected chi connectivity index (χ1v) is 11.9. The second kappa shape index (κ2) is 12.4. The second-order valence-corrected chi connectivity index (χ2v) is 9.06. The molecule has 2 N–H and O–H groups in total. The van der Waals surface area contributed by atoms with Crippen LogP contribution in [-0.4, -0.2) is 41.1 Å². The van der Waals surface area contributed by atoms with Crippen molar-refractivity contribution < 1.29 is 60.1 Å². The van der Waals surface area contributed by atoms with Gasteiger partial charge in [-0.3, -0.25) is 4.79 Å². The predicted octanol–water partition coefficient (Wildman–Crippen LogP) is 5.96. The molecule has 3 aromatic rings. The summed E-state index contributed by atoms with van der Waals surface area (Å²) in [6.45, 7) is 0. The van der Waals surface area contributed by atoms with Crippen molar-refractivity contribution in [2.75, 3.05) is 5.32 Å². The van der Waals surface area contributed by atoms with E-state index in [0.29, 0.717) is 28.7 Å². The molecule has 8 nitrogen and oxygen atoms in total. The largest absolute Gasteiger partial charge is 0.478 e. The number of hydrogen-bond acceptors (Lipinski definition) is 6. The topological polar surface area (TPSA) is 119 Å². The molecule has 0 heterocycles. The first-order chi connectivity index (χ1) is 19.1. The third-order valence-electron chi connectivity index (χ3n) is 5.19. The summed E-state index contributed by atoms with van der Waals surface area (Å²) in [6, 6.07) is 11.2. The Hall–Kier alpha value is -4.40. The summed E-state index contributed by atoms with van der Waals surface area (Å²) in [5.74, 6) is -6.66. The minimum absolute atomic E-state index is 0.0397. The van der Waals surface area contributed by atoms with Gasteiger partial charge in [0.15, 0.2) is 0 Å². The predicted molar refractivity (Wildman–Crippen MR) is 132 cm³/mol. The molecule has 15 heteroatoms. The van der Waals surface area contributed by atoms with Crippen LogP contribution in [0.5, 0.6) is 0 Å². The van der Waals surface area contributed by atoms with Crippen LogP contribution in [0.25, 0.3) is 0 Å². The highest BCUT2D eigenvalue weighted by Crippen LogP contribution is 2.31. The molecule has 0 aliphatic heterocycles. The summed E-state index contributed by atoms with van der Waals surface area (Å²) in [7, 11) is 0. The Kier molecular flexibility index (Phi) is 9.42. The molecule has 0 bridgehead atoms. The summed E-state index contributed by atoms with van der Waals surface area (Å²) in [5, 5.41) is 12.0. The first kappa shape index (κ1) is 31.1. The van der Waals surface area contributed by atoms with Crippen LogP contribution in [-0.2, 0) is 31.4 Å². The van der Waals surface area contributed by atoms with Crippen molar-refractivity contribution in [2.24, 2.45) is 0 Å². The Labute approximate surface area is 235 Å². The number of nitrogens with one attached hydrogen (secondary N) is 1. The van der Waals surface area contributed by atoms with Crippen LogP contribution in [0.3, 0.4) is 0 Å². The van der Waals surface area contributed by atoms with E-state index in [4.69, 9.17) is 9.47 Å². The summed E-state index contributed by atoms with van der Waals surface area (Å²) in [4.78, 5) is 50.5. The number of carbonyl (C=O) groups is 4. The average molecular weight is 648 g/mol. The maximum Gasteiger partial charge on any atom is 0.416 e.